The molecule has 1 aromatic carbocycles. The van der Waals surface area contributed by atoms with Gasteiger partial charge in [-0.1, -0.05) is 41.7 Å². The average Bonchev–Trinajstić information content (AvgIpc) is 3.39. The zero-order chi connectivity index (χ0) is 22.0. The van der Waals surface area contributed by atoms with Crippen molar-refractivity contribution in [2.45, 2.75) is 38.2 Å². The summed E-state index contributed by atoms with van der Waals surface area (Å²) in [5, 5.41) is 3.39. The van der Waals surface area contributed by atoms with Gasteiger partial charge in [0.05, 0.1) is 17.0 Å². The number of alkyl halides is 3. The largest absolute Gasteiger partial charge is 0.451 e. The molecule has 1 aliphatic rings. The summed E-state index contributed by atoms with van der Waals surface area (Å²) < 4.78 is 45.0. The van der Waals surface area contributed by atoms with Crippen LogP contribution in [0.1, 0.15) is 29.9 Å². The molecule has 1 N–H and O–H groups in total. The van der Waals surface area contributed by atoms with Crippen LogP contribution in [0.3, 0.4) is 0 Å². The molecule has 1 aliphatic heterocycles. The van der Waals surface area contributed by atoms with Crippen LogP contribution in [-0.4, -0.2) is 40.6 Å². The molecule has 164 valence electrons. The number of methoxy groups -OCH3 is 1. The lowest BCUT2D eigenvalue weighted by Crippen LogP contribution is -2.43. The van der Waals surface area contributed by atoms with E-state index < -0.39 is 18.0 Å². The molecule has 3 aromatic rings. The standard InChI is InChI=1S/C20H20F3N5O2S/c1-30-11-13-15-16(26-18(25-13)20(21,22)23)27-19(31-15)28-9-5-8-14(28)17(29)24-10-12-6-3-2-4-7-12/h2-4,6-7,14H,5,8-11H2,1H3,(H,24,29)/t14-/m1/s1. The summed E-state index contributed by atoms with van der Waals surface area (Å²) in [6, 6.07) is 9.12. The van der Waals surface area contributed by atoms with Gasteiger partial charge >= 0.3 is 6.18 Å². The number of hydrogen-bond acceptors (Lipinski definition) is 7. The maximum atomic E-state index is 13.2. The fourth-order valence-electron chi connectivity index (χ4n) is 3.52. The van der Waals surface area contributed by atoms with E-state index in [4.69, 9.17) is 4.74 Å². The van der Waals surface area contributed by atoms with Gasteiger partial charge < -0.3 is 15.0 Å². The first kappa shape index (κ1) is 21.4. The summed E-state index contributed by atoms with van der Waals surface area (Å²) in [5.41, 5.74) is 1.08. The fraction of sp³-hybridized carbons (Fsp3) is 0.400. The van der Waals surface area contributed by atoms with E-state index in [2.05, 4.69) is 20.3 Å². The van der Waals surface area contributed by atoms with Crippen LogP contribution in [0.5, 0.6) is 0 Å². The molecule has 1 fully saturated rings. The number of carbonyl (C=O) groups excluding carboxylic acids is 1. The van der Waals surface area contributed by atoms with Crippen LogP contribution in [0.2, 0.25) is 0 Å². The zero-order valence-corrected chi connectivity index (χ0v) is 17.5. The number of carbonyl (C=O) groups is 1. The number of fused-ring (bicyclic) bond motifs is 1. The lowest BCUT2D eigenvalue weighted by Gasteiger charge is -2.23. The number of ether oxygens (including phenoxy) is 1. The molecular weight excluding hydrogens is 431 g/mol. The number of anilines is 1. The van der Waals surface area contributed by atoms with Crippen molar-refractivity contribution in [1.29, 1.82) is 0 Å². The molecule has 0 bridgehead atoms. The van der Waals surface area contributed by atoms with E-state index in [1.165, 1.54) is 18.4 Å². The average molecular weight is 451 g/mol. The third kappa shape index (κ3) is 4.62. The topological polar surface area (TPSA) is 80.2 Å². The minimum atomic E-state index is -4.69. The zero-order valence-electron chi connectivity index (χ0n) is 16.6. The predicted octanol–water partition coefficient (Wildman–Crippen LogP) is 3.54. The molecular formula is C20H20F3N5O2S. The monoisotopic (exact) mass is 451 g/mol. The maximum Gasteiger partial charge on any atom is 0.451 e. The molecule has 2 aromatic heterocycles. The van der Waals surface area contributed by atoms with Gasteiger partial charge in [0, 0.05) is 20.2 Å². The van der Waals surface area contributed by atoms with Gasteiger partial charge in [0.15, 0.2) is 10.8 Å². The number of halogens is 3. The Kier molecular flexibility index (Phi) is 6.05. The molecule has 0 unspecified atom stereocenters. The van der Waals surface area contributed by atoms with Crippen LogP contribution >= 0.6 is 11.3 Å². The molecule has 31 heavy (non-hydrogen) atoms. The summed E-state index contributed by atoms with van der Waals surface area (Å²) in [6.07, 6.45) is -3.27. The number of thiazole rings is 1. The lowest BCUT2D eigenvalue weighted by molar-refractivity contribution is -0.145. The normalized spacial score (nSPS) is 16.8. The highest BCUT2D eigenvalue weighted by atomic mass is 32.1. The van der Waals surface area contributed by atoms with E-state index in [-0.39, 0.29) is 23.9 Å². The molecule has 7 nitrogen and oxygen atoms in total. The van der Waals surface area contributed by atoms with Gasteiger partial charge in [0.2, 0.25) is 11.7 Å². The van der Waals surface area contributed by atoms with Crippen LogP contribution in [0.25, 0.3) is 10.3 Å². The first-order chi connectivity index (χ1) is 14.9. The minimum absolute atomic E-state index is 0.0373. The van der Waals surface area contributed by atoms with Crippen LogP contribution in [0.4, 0.5) is 18.3 Å². The van der Waals surface area contributed by atoms with Gasteiger partial charge in [-0.3, -0.25) is 4.79 Å². The molecule has 1 amide bonds. The molecule has 11 heteroatoms. The van der Waals surface area contributed by atoms with Gasteiger partial charge in [-0.05, 0) is 18.4 Å². The molecule has 0 spiro atoms. The van der Waals surface area contributed by atoms with Crippen LogP contribution in [-0.2, 0) is 28.9 Å². The molecule has 1 atom stereocenters. The lowest BCUT2D eigenvalue weighted by atomic mass is 10.2. The SMILES string of the molecule is COCc1nc(C(F)(F)F)nc2nc(N3CCC[C@@H]3C(=O)NCc3ccccc3)sc12. The van der Waals surface area contributed by atoms with Crippen LogP contribution < -0.4 is 10.2 Å². The van der Waals surface area contributed by atoms with Gasteiger partial charge in [-0.2, -0.15) is 18.2 Å². The van der Waals surface area contributed by atoms with Crippen molar-refractivity contribution in [2.75, 3.05) is 18.6 Å². The van der Waals surface area contributed by atoms with Crippen LogP contribution in [0.15, 0.2) is 30.3 Å². The quantitative estimate of drug-likeness (QED) is 0.618. The van der Waals surface area contributed by atoms with Gasteiger partial charge in [0.25, 0.3) is 0 Å². The van der Waals surface area contributed by atoms with E-state index in [0.29, 0.717) is 29.3 Å². The number of nitrogens with zero attached hydrogens (tertiary/aromatic N) is 4. The minimum Gasteiger partial charge on any atom is -0.378 e. The van der Waals surface area contributed by atoms with Crippen molar-refractivity contribution in [2.24, 2.45) is 0 Å². The van der Waals surface area contributed by atoms with Crippen molar-refractivity contribution in [3.05, 3.63) is 47.4 Å². The summed E-state index contributed by atoms with van der Waals surface area (Å²) in [7, 11) is 1.39. The predicted molar refractivity (Wildman–Crippen MR) is 110 cm³/mol. The smallest absolute Gasteiger partial charge is 0.378 e. The third-order valence-corrected chi connectivity index (χ3v) is 6.09. The highest BCUT2D eigenvalue weighted by Gasteiger charge is 2.37. The Hall–Kier alpha value is -2.79. The molecule has 1 saturated heterocycles. The molecule has 0 radical (unpaired) electrons. The van der Waals surface area contributed by atoms with Crippen molar-refractivity contribution in [3.63, 3.8) is 0 Å². The highest BCUT2D eigenvalue weighted by molar-refractivity contribution is 7.22. The Bertz CT molecular complexity index is 1070. The van der Waals surface area contributed by atoms with Gasteiger partial charge in [-0.15, -0.1) is 0 Å². The summed E-state index contributed by atoms with van der Waals surface area (Å²) in [5.74, 6) is -1.39. The van der Waals surface area contributed by atoms with E-state index in [1.807, 2.05) is 35.2 Å². The number of rotatable bonds is 6. The van der Waals surface area contributed by atoms with Gasteiger partial charge in [-0.25, -0.2) is 9.97 Å². The van der Waals surface area contributed by atoms with E-state index in [9.17, 15) is 18.0 Å². The summed E-state index contributed by atoms with van der Waals surface area (Å²) >= 11 is 1.18. The Morgan fingerprint density at radius 3 is 2.74 bits per heavy atom. The first-order valence-electron chi connectivity index (χ1n) is 9.68. The number of aromatic nitrogens is 3. The Balaban J connectivity index is 1.59. The molecule has 4 rings (SSSR count). The van der Waals surface area contributed by atoms with E-state index >= 15 is 0 Å². The second kappa shape index (κ2) is 8.75. The van der Waals surface area contributed by atoms with Crippen molar-refractivity contribution < 1.29 is 22.7 Å². The van der Waals surface area contributed by atoms with E-state index in [1.54, 1.807) is 0 Å². The fourth-order valence-corrected chi connectivity index (χ4v) is 4.58. The van der Waals surface area contributed by atoms with Crippen LogP contribution in [0, 0.1) is 0 Å². The summed E-state index contributed by atoms with van der Waals surface area (Å²) in [6.45, 7) is 0.898. The number of amides is 1. The Morgan fingerprint density at radius 2 is 2.03 bits per heavy atom. The molecule has 3 heterocycles. The molecule has 0 saturated carbocycles. The highest BCUT2D eigenvalue weighted by Crippen LogP contribution is 2.36. The Labute approximate surface area is 180 Å². The third-order valence-electron chi connectivity index (χ3n) is 4.96. The second-order valence-electron chi connectivity index (χ2n) is 7.13. The van der Waals surface area contributed by atoms with E-state index in [0.717, 1.165) is 12.0 Å². The van der Waals surface area contributed by atoms with Crippen molar-refractivity contribution in [3.8, 4) is 0 Å². The molecule has 0 aliphatic carbocycles. The van der Waals surface area contributed by atoms with Crippen molar-refractivity contribution >= 4 is 32.7 Å². The number of nitrogens with one attached hydrogen (secondary N) is 1. The van der Waals surface area contributed by atoms with Gasteiger partial charge in [0.1, 0.15) is 6.04 Å². The number of hydrogen-bond donors (Lipinski definition) is 1. The maximum absolute atomic E-state index is 13.2. The Morgan fingerprint density at radius 1 is 1.26 bits per heavy atom. The first-order valence-corrected chi connectivity index (χ1v) is 10.5. The summed E-state index contributed by atoms with van der Waals surface area (Å²) in [4.78, 5) is 26.2. The van der Waals surface area contributed by atoms with Crippen molar-refractivity contribution in [1.82, 2.24) is 20.3 Å². The second-order valence-corrected chi connectivity index (χ2v) is 8.11. The number of benzene rings is 1.